The fourth-order valence-electron chi connectivity index (χ4n) is 2.38. The Morgan fingerprint density at radius 2 is 2.08 bits per heavy atom. The van der Waals surface area contributed by atoms with Crippen molar-refractivity contribution in [3.8, 4) is 0 Å². The average molecular weight is 183 g/mol. The van der Waals surface area contributed by atoms with Gasteiger partial charge in [0.1, 0.15) is 0 Å². The predicted octanol–water partition coefficient (Wildman–Crippen LogP) is 2.47. The molecule has 0 aromatic rings. The lowest BCUT2D eigenvalue weighted by Crippen LogP contribution is -2.18. The Balaban J connectivity index is 2.21. The first-order valence-corrected chi connectivity index (χ1v) is 5.50. The molecule has 1 aliphatic rings. The lowest BCUT2D eigenvalue weighted by Gasteiger charge is -2.28. The van der Waals surface area contributed by atoms with Crippen LogP contribution < -0.4 is 5.73 Å². The van der Waals surface area contributed by atoms with E-state index < -0.39 is 0 Å². The van der Waals surface area contributed by atoms with E-state index in [-0.39, 0.29) is 5.91 Å². The maximum Gasteiger partial charge on any atom is 0.217 e. The van der Waals surface area contributed by atoms with E-state index in [0.29, 0.717) is 6.42 Å². The molecule has 0 spiro atoms. The molecule has 1 rings (SSSR count). The average Bonchev–Trinajstić information content (AvgIpc) is 2.15. The van der Waals surface area contributed by atoms with Gasteiger partial charge in [-0.2, -0.15) is 0 Å². The Morgan fingerprint density at radius 3 is 2.69 bits per heavy atom. The highest BCUT2D eigenvalue weighted by Gasteiger charge is 2.20. The number of hydrogen-bond donors (Lipinski definition) is 1. The topological polar surface area (TPSA) is 43.1 Å². The summed E-state index contributed by atoms with van der Waals surface area (Å²) in [6, 6.07) is 0. The maximum atomic E-state index is 10.6. The number of nitrogens with two attached hydrogens (primary N) is 1. The summed E-state index contributed by atoms with van der Waals surface area (Å²) in [5.74, 6) is 1.54. The molecule has 0 radical (unpaired) electrons. The molecule has 1 aliphatic carbocycles. The van der Waals surface area contributed by atoms with E-state index in [1.165, 1.54) is 32.1 Å². The second kappa shape index (κ2) is 5.25. The van der Waals surface area contributed by atoms with Crippen molar-refractivity contribution >= 4 is 5.91 Å². The van der Waals surface area contributed by atoms with Crippen LogP contribution in [0.2, 0.25) is 0 Å². The smallest absolute Gasteiger partial charge is 0.217 e. The summed E-state index contributed by atoms with van der Waals surface area (Å²) < 4.78 is 0. The third kappa shape index (κ3) is 3.79. The normalized spacial score (nSPS) is 28.7. The highest BCUT2D eigenvalue weighted by molar-refractivity contribution is 5.73. The van der Waals surface area contributed by atoms with Crippen LogP contribution >= 0.6 is 0 Å². The SMILES string of the molecule is CCC1CCC[C@@H](CCC(N)=O)C1. The van der Waals surface area contributed by atoms with Gasteiger partial charge in [0, 0.05) is 6.42 Å². The molecule has 0 aromatic heterocycles. The highest BCUT2D eigenvalue weighted by Crippen LogP contribution is 2.33. The molecule has 2 N–H and O–H groups in total. The largest absolute Gasteiger partial charge is 0.370 e. The van der Waals surface area contributed by atoms with Crippen LogP contribution in [0, 0.1) is 11.8 Å². The van der Waals surface area contributed by atoms with Crippen molar-refractivity contribution in [1.29, 1.82) is 0 Å². The maximum absolute atomic E-state index is 10.6. The molecule has 0 aliphatic heterocycles. The van der Waals surface area contributed by atoms with Crippen molar-refractivity contribution in [3.05, 3.63) is 0 Å². The van der Waals surface area contributed by atoms with Gasteiger partial charge in [-0.15, -0.1) is 0 Å². The Morgan fingerprint density at radius 1 is 1.38 bits per heavy atom. The summed E-state index contributed by atoms with van der Waals surface area (Å²) in [6.07, 6.45) is 8.28. The van der Waals surface area contributed by atoms with E-state index in [2.05, 4.69) is 6.92 Å². The van der Waals surface area contributed by atoms with Gasteiger partial charge in [0.15, 0.2) is 0 Å². The number of hydrogen-bond acceptors (Lipinski definition) is 1. The first-order valence-electron chi connectivity index (χ1n) is 5.50. The van der Waals surface area contributed by atoms with Crippen LogP contribution in [-0.2, 0) is 4.79 Å². The molecule has 1 fully saturated rings. The minimum absolute atomic E-state index is 0.140. The molecular weight excluding hydrogens is 162 g/mol. The van der Waals surface area contributed by atoms with Crippen LogP contribution in [-0.4, -0.2) is 5.91 Å². The van der Waals surface area contributed by atoms with Crippen molar-refractivity contribution in [2.75, 3.05) is 0 Å². The molecule has 0 heterocycles. The Bertz CT molecular complexity index is 167. The third-order valence-corrected chi connectivity index (χ3v) is 3.27. The lowest BCUT2D eigenvalue weighted by molar-refractivity contribution is -0.118. The molecule has 0 saturated heterocycles. The van der Waals surface area contributed by atoms with Crippen molar-refractivity contribution < 1.29 is 4.79 Å². The summed E-state index contributed by atoms with van der Waals surface area (Å²) in [4.78, 5) is 10.6. The molecule has 2 heteroatoms. The van der Waals surface area contributed by atoms with Gasteiger partial charge in [-0.05, 0) is 24.7 Å². The minimum atomic E-state index is -0.140. The fourth-order valence-corrected chi connectivity index (χ4v) is 2.38. The number of carbonyl (C=O) groups excluding carboxylic acids is 1. The predicted molar refractivity (Wildman–Crippen MR) is 54.2 cm³/mol. The fraction of sp³-hybridized carbons (Fsp3) is 0.909. The molecule has 1 unspecified atom stereocenters. The number of amides is 1. The molecule has 0 bridgehead atoms. The van der Waals surface area contributed by atoms with Crippen molar-refractivity contribution in [1.82, 2.24) is 0 Å². The van der Waals surface area contributed by atoms with Crippen LogP contribution in [0.4, 0.5) is 0 Å². The summed E-state index contributed by atoms with van der Waals surface area (Å²) in [5.41, 5.74) is 5.14. The first kappa shape index (κ1) is 10.6. The lowest BCUT2D eigenvalue weighted by atomic mass is 9.78. The first-order chi connectivity index (χ1) is 6.22. The van der Waals surface area contributed by atoms with Gasteiger partial charge >= 0.3 is 0 Å². The second-order valence-corrected chi connectivity index (χ2v) is 4.31. The van der Waals surface area contributed by atoms with Crippen molar-refractivity contribution in [2.24, 2.45) is 17.6 Å². The zero-order valence-corrected chi connectivity index (χ0v) is 8.59. The van der Waals surface area contributed by atoms with Crippen LogP contribution in [0.15, 0.2) is 0 Å². The van der Waals surface area contributed by atoms with Gasteiger partial charge < -0.3 is 5.73 Å². The summed E-state index contributed by atoms with van der Waals surface area (Å²) in [5, 5.41) is 0. The second-order valence-electron chi connectivity index (χ2n) is 4.31. The van der Waals surface area contributed by atoms with Crippen LogP contribution in [0.25, 0.3) is 0 Å². The molecule has 1 saturated carbocycles. The van der Waals surface area contributed by atoms with Crippen LogP contribution in [0.3, 0.4) is 0 Å². The van der Waals surface area contributed by atoms with Crippen LogP contribution in [0.5, 0.6) is 0 Å². The molecule has 1 amide bonds. The van der Waals surface area contributed by atoms with Gasteiger partial charge in [0.05, 0.1) is 0 Å². The molecular formula is C11H21NO. The molecule has 2 nitrogen and oxygen atoms in total. The molecule has 13 heavy (non-hydrogen) atoms. The van der Waals surface area contributed by atoms with Gasteiger partial charge in [0.2, 0.25) is 5.91 Å². The highest BCUT2D eigenvalue weighted by atomic mass is 16.1. The standard InChI is InChI=1S/C11H21NO/c1-2-9-4-3-5-10(8-9)6-7-11(12)13/h9-10H,2-8H2,1H3,(H2,12,13)/t9?,10-/m0/s1. The van der Waals surface area contributed by atoms with Gasteiger partial charge in [-0.3, -0.25) is 4.79 Å². The zero-order valence-electron chi connectivity index (χ0n) is 8.59. The monoisotopic (exact) mass is 183 g/mol. The van der Waals surface area contributed by atoms with Crippen molar-refractivity contribution in [3.63, 3.8) is 0 Å². The third-order valence-electron chi connectivity index (χ3n) is 3.27. The zero-order chi connectivity index (χ0) is 9.68. The van der Waals surface area contributed by atoms with Gasteiger partial charge in [-0.1, -0.05) is 32.6 Å². The van der Waals surface area contributed by atoms with Crippen LogP contribution in [0.1, 0.15) is 51.9 Å². The molecule has 76 valence electrons. The Labute approximate surface area is 80.9 Å². The summed E-state index contributed by atoms with van der Waals surface area (Å²) >= 11 is 0. The van der Waals surface area contributed by atoms with E-state index in [0.717, 1.165) is 18.3 Å². The minimum Gasteiger partial charge on any atom is -0.370 e. The summed E-state index contributed by atoms with van der Waals surface area (Å²) in [7, 11) is 0. The summed E-state index contributed by atoms with van der Waals surface area (Å²) in [6.45, 7) is 2.27. The quantitative estimate of drug-likeness (QED) is 0.714. The Hall–Kier alpha value is -0.530. The van der Waals surface area contributed by atoms with E-state index in [4.69, 9.17) is 5.73 Å². The van der Waals surface area contributed by atoms with Crippen molar-refractivity contribution in [2.45, 2.75) is 51.9 Å². The Kier molecular flexibility index (Phi) is 4.26. The number of primary amides is 1. The molecule has 0 aromatic carbocycles. The van der Waals surface area contributed by atoms with E-state index in [1.54, 1.807) is 0 Å². The molecule has 2 atom stereocenters. The van der Waals surface area contributed by atoms with Gasteiger partial charge in [-0.25, -0.2) is 0 Å². The van der Waals surface area contributed by atoms with E-state index in [9.17, 15) is 4.79 Å². The number of rotatable bonds is 4. The van der Waals surface area contributed by atoms with E-state index in [1.807, 2.05) is 0 Å². The van der Waals surface area contributed by atoms with Gasteiger partial charge in [0.25, 0.3) is 0 Å². The number of carbonyl (C=O) groups is 1. The van der Waals surface area contributed by atoms with E-state index >= 15 is 0 Å².